The maximum Gasteiger partial charge on any atom is 0.266 e. The molecule has 0 spiro atoms. The van der Waals surface area contributed by atoms with E-state index in [0.717, 1.165) is 0 Å². The predicted octanol–water partition coefficient (Wildman–Crippen LogP) is 6.20. The van der Waals surface area contributed by atoms with Crippen molar-refractivity contribution < 1.29 is 13.9 Å². The monoisotopic (exact) mass is 426 g/mol. The van der Waals surface area contributed by atoms with E-state index >= 15 is 0 Å². The fourth-order valence-corrected chi connectivity index (χ4v) is 2.96. The van der Waals surface area contributed by atoms with Crippen LogP contribution in [0.4, 0.5) is 5.69 Å². The normalized spacial score (nSPS) is 11.0. The van der Waals surface area contributed by atoms with Crippen LogP contribution < -0.4 is 10.1 Å². The van der Waals surface area contributed by atoms with E-state index in [1.54, 1.807) is 54.6 Å². The molecule has 5 nitrogen and oxygen atoms in total. The van der Waals surface area contributed by atoms with Crippen molar-refractivity contribution in [1.82, 2.24) is 0 Å². The van der Waals surface area contributed by atoms with Crippen LogP contribution in [-0.2, 0) is 4.79 Å². The standard InChI is InChI=1S/C22H16Cl2N2O3/c1-2-28-17-5-3-4-16(12-17)26-22(27)14(13-25)10-18-7-9-21(29-18)19-11-15(23)6-8-20(19)24/h3-12H,2H2,1H3,(H,26,27)/b14-10+. The van der Waals surface area contributed by atoms with Gasteiger partial charge in [0.2, 0.25) is 0 Å². The third kappa shape index (κ3) is 5.20. The Kier molecular flexibility index (Phi) is 6.61. The summed E-state index contributed by atoms with van der Waals surface area (Å²) < 4.78 is 11.1. The van der Waals surface area contributed by atoms with Gasteiger partial charge in [-0.1, -0.05) is 29.3 Å². The zero-order valence-electron chi connectivity index (χ0n) is 15.4. The Morgan fingerprint density at radius 3 is 2.79 bits per heavy atom. The second kappa shape index (κ2) is 9.33. The molecule has 146 valence electrons. The number of carbonyl (C=O) groups is 1. The third-order valence-electron chi connectivity index (χ3n) is 3.88. The number of carbonyl (C=O) groups excluding carboxylic acids is 1. The summed E-state index contributed by atoms with van der Waals surface area (Å²) >= 11 is 12.2. The molecule has 0 unspecified atom stereocenters. The summed E-state index contributed by atoms with van der Waals surface area (Å²) in [6, 6.07) is 17.2. The maximum atomic E-state index is 12.5. The first-order valence-electron chi connectivity index (χ1n) is 8.71. The van der Waals surface area contributed by atoms with Crippen molar-refractivity contribution in [3.8, 4) is 23.1 Å². The third-order valence-corrected chi connectivity index (χ3v) is 4.44. The number of hydrogen-bond donors (Lipinski definition) is 1. The van der Waals surface area contributed by atoms with Crippen molar-refractivity contribution in [3.05, 3.63) is 76.0 Å². The molecule has 0 atom stereocenters. The molecule has 3 rings (SSSR count). The Balaban J connectivity index is 1.80. The van der Waals surface area contributed by atoms with Crippen molar-refractivity contribution in [1.29, 1.82) is 5.26 Å². The highest BCUT2D eigenvalue weighted by Crippen LogP contribution is 2.32. The molecule has 0 saturated heterocycles. The largest absolute Gasteiger partial charge is 0.494 e. The molecule has 0 aliphatic carbocycles. The van der Waals surface area contributed by atoms with Gasteiger partial charge in [-0.15, -0.1) is 0 Å². The Morgan fingerprint density at radius 1 is 1.21 bits per heavy atom. The average Bonchev–Trinajstić information content (AvgIpc) is 3.17. The van der Waals surface area contributed by atoms with E-state index in [4.69, 9.17) is 32.4 Å². The van der Waals surface area contributed by atoms with Gasteiger partial charge in [-0.05, 0) is 49.4 Å². The number of benzene rings is 2. The SMILES string of the molecule is CCOc1cccc(NC(=O)/C(C#N)=C/c2ccc(-c3cc(Cl)ccc3Cl)o2)c1. The van der Waals surface area contributed by atoms with E-state index in [1.165, 1.54) is 6.08 Å². The number of nitriles is 1. The van der Waals surface area contributed by atoms with Gasteiger partial charge in [0, 0.05) is 28.4 Å². The van der Waals surface area contributed by atoms with E-state index < -0.39 is 5.91 Å². The van der Waals surface area contributed by atoms with Gasteiger partial charge in [0.25, 0.3) is 5.91 Å². The van der Waals surface area contributed by atoms with Gasteiger partial charge >= 0.3 is 0 Å². The van der Waals surface area contributed by atoms with E-state index in [1.807, 2.05) is 13.0 Å². The van der Waals surface area contributed by atoms with Gasteiger partial charge in [0.1, 0.15) is 28.9 Å². The lowest BCUT2D eigenvalue weighted by Gasteiger charge is -2.07. The summed E-state index contributed by atoms with van der Waals surface area (Å²) in [5, 5.41) is 13.1. The number of nitrogens with one attached hydrogen (secondary N) is 1. The first kappa shape index (κ1) is 20.5. The summed E-state index contributed by atoms with van der Waals surface area (Å²) in [5.74, 6) is 0.887. The lowest BCUT2D eigenvalue weighted by Crippen LogP contribution is -2.13. The summed E-state index contributed by atoms with van der Waals surface area (Å²) in [6.45, 7) is 2.38. The van der Waals surface area contributed by atoms with Crippen molar-refractivity contribution in [2.24, 2.45) is 0 Å². The quantitative estimate of drug-likeness (QED) is 0.376. The average molecular weight is 427 g/mol. The number of anilines is 1. The molecular weight excluding hydrogens is 411 g/mol. The predicted molar refractivity (Wildman–Crippen MR) is 114 cm³/mol. The first-order valence-corrected chi connectivity index (χ1v) is 9.47. The van der Waals surface area contributed by atoms with Gasteiger partial charge in [0.15, 0.2) is 0 Å². The van der Waals surface area contributed by atoms with Crippen molar-refractivity contribution in [2.45, 2.75) is 6.92 Å². The van der Waals surface area contributed by atoms with E-state index in [0.29, 0.717) is 45.2 Å². The highest BCUT2D eigenvalue weighted by molar-refractivity contribution is 6.35. The lowest BCUT2D eigenvalue weighted by atomic mass is 10.2. The van der Waals surface area contributed by atoms with Gasteiger partial charge in [-0.25, -0.2) is 0 Å². The van der Waals surface area contributed by atoms with Crippen molar-refractivity contribution >= 4 is 40.9 Å². The Hall–Kier alpha value is -3.20. The topological polar surface area (TPSA) is 75.3 Å². The molecule has 0 aliphatic rings. The molecule has 0 radical (unpaired) electrons. The summed E-state index contributed by atoms with van der Waals surface area (Å²) in [4.78, 5) is 12.5. The smallest absolute Gasteiger partial charge is 0.266 e. The number of hydrogen-bond acceptors (Lipinski definition) is 4. The number of ether oxygens (including phenoxy) is 1. The Bertz CT molecular complexity index is 1110. The first-order chi connectivity index (χ1) is 14.0. The number of rotatable bonds is 6. The van der Waals surface area contributed by atoms with E-state index in [-0.39, 0.29) is 5.57 Å². The molecule has 1 N–H and O–H groups in total. The summed E-state index contributed by atoms with van der Waals surface area (Å²) in [5.41, 5.74) is 1.03. The highest BCUT2D eigenvalue weighted by atomic mass is 35.5. The molecule has 2 aromatic carbocycles. The molecule has 0 bridgehead atoms. The molecule has 7 heteroatoms. The summed E-state index contributed by atoms with van der Waals surface area (Å²) in [6.07, 6.45) is 1.36. The van der Waals surface area contributed by atoms with Gasteiger partial charge in [-0.3, -0.25) is 4.79 Å². The highest BCUT2D eigenvalue weighted by Gasteiger charge is 2.13. The maximum absolute atomic E-state index is 12.5. The molecule has 0 saturated carbocycles. The number of furan rings is 1. The molecule has 1 heterocycles. The fourth-order valence-electron chi connectivity index (χ4n) is 2.58. The van der Waals surface area contributed by atoms with Gasteiger partial charge in [0.05, 0.1) is 11.6 Å². The van der Waals surface area contributed by atoms with Crippen LogP contribution in [0.2, 0.25) is 10.0 Å². The second-order valence-electron chi connectivity index (χ2n) is 5.91. The van der Waals surface area contributed by atoms with Crippen LogP contribution in [0.1, 0.15) is 12.7 Å². The van der Waals surface area contributed by atoms with Crippen LogP contribution in [0, 0.1) is 11.3 Å². The van der Waals surface area contributed by atoms with Crippen LogP contribution in [0.3, 0.4) is 0 Å². The zero-order chi connectivity index (χ0) is 20.8. The molecule has 0 fully saturated rings. The van der Waals surface area contributed by atoms with Crippen LogP contribution in [0.15, 0.2) is 64.6 Å². The number of amides is 1. The minimum atomic E-state index is -0.556. The summed E-state index contributed by atoms with van der Waals surface area (Å²) in [7, 11) is 0. The van der Waals surface area contributed by atoms with Crippen LogP contribution in [-0.4, -0.2) is 12.5 Å². The number of nitrogens with zero attached hydrogens (tertiary/aromatic N) is 1. The van der Waals surface area contributed by atoms with Crippen LogP contribution >= 0.6 is 23.2 Å². The van der Waals surface area contributed by atoms with Gasteiger partial charge in [-0.2, -0.15) is 5.26 Å². The van der Waals surface area contributed by atoms with Crippen molar-refractivity contribution in [2.75, 3.05) is 11.9 Å². The number of halogens is 2. The fraction of sp³-hybridized carbons (Fsp3) is 0.0909. The molecule has 1 aromatic heterocycles. The van der Waals surface area contributed by atoms with E-state index in [9.17, 15) is 10.1 Å². The molecular formula is C22H16Cl2N2O3. The van der Waals surface area contributed by atoms with Crippen LogP contribution in [0.5, 0.6) is 5.75 Å². The Labute approximate surface area is 178 Å². The van der Waals surface area contributed by atoms with Crippen LogP contribution in [0.25, 0.3) is 17.4 Å². The lowest BCUT2D eigenvalue weighted by molar-refractivity contribution is -0.112. The second-order valence-corrected chi connectivity index (χ2v) is 6.75. The molecule has 1 amide bonds. The molecule has 3 aromatic rings. The van der Waals surface area contributed by atoms with Crippen molar-refractivity contribution in [3.63, 3.8) is 0 Å². The van der Waals surface area contributed by atoms with E-state index in [2.05, 4.69) is 5.32 Å². The molecule has 29 heavy (non-hydrogen) atoms. The molecule has 0 aliphatic heterocycles. The Morgan fingerprint density at radius 2 is 2.03 bits per heavy atom. The minimum Gasteiger partial charge on any atom is -0.494 e. The van der Waals surface area contributed by atoms with Gasteiger partial charge < -0.3 is 14.5 Å². The zero-order valence-corrected chi connectivity index (χ0v) is 16.9. The minimum absolute atomic E-state index is 0.107.